The van der Waals surface area contributed by atoms with Crippen LogP contribution in [0.1, 0.15) is 20.8 Å². The Balaban J connectivity index is 1.98. The number of sulfonamides is 1. The Morgan fingerprint density at radius 1 is 1.18 bits per heavy atom. The molecule has 1 aromatic carbocycles. The molecule has 0 saturated carbocycles. The van der Waals surface area contributed by atoms with Gasteiger partial charge in [-0.15, -0.1) is 11.3 Å². The van der Waals surface area contributed by atoms with E-state index in [9.17, 15) is 22.4 Å². The van der Waals surface area contributed by atoms with Crippen LogP contribution >= 0.6 is 11.3 Å². The van der Waals surface area contributed by atoms with Crippen LogP contribution in [0.3, 0.4) is 0 Å². The lowest BCUT2D eigenvalue weighted by atomic mass is 10.2. The van der Waals surface area contributed by atoms with Crippen molar-refractivity contribution >= 4 is 44.7 Å². The summed E-state index contributed by atoms with van der Waals surface area (Å²) in [6.07, 6.45) is -0.849. The summed E-state index contributed by atoms with van der Waals surface area (Å²) in [5.74, 6) is -1.38. The van der Waals surface area contributed by atoms with E-state index in [4.69, 9.17) is 4.74 Å². The highest BCUT2D eigenvalue weighted by Gasteiger charge is 2.19. The van der Waals surface area contributed by atoms with E-state index in [0.29, 0.717) is 0 Å². The molecule has 0 fully saturated rings. The minimum absolute atomic E-state index is 0.0888. The van der Waals surface area contributed by atoms with Crippen LogP contribution in [0.15, 0.2) is 39.9 Å². The van der Waals surface area contributed by atoms with Gasteiger partial charge in [0.1, 0.15) is 15.6 Å². The highest BCUT2D eigenvalue weighted by atomic mass is 32.2. The lowest BCUT2D eigenvalue weighted by molar-refractivity contribution is -0.115. The van der Waals surface area contributed by atoms with Crippen LogP contribution < -0.4 is 15.4 Å². The van der Waals surface area contributed by atoms with Crippen molar-refractivity contribution in [2.75, 3.05) is 17.2 Å². The predicted octanol–water partition coefficient (Wildman–Crippen LogP) is 3.15. The van der Waals surface area contributed by atoms with E-state index in [2.05, 4.69) is 15.4 Å². The summed E-state index contributed by atoms with van der Waals surface area (Å²) in [5.41, 5.74) is -0.773. The average Bonchev–Trinajstić information content (AvgIpc) is 3.10. The second kappa shape index (κ2) is 8.67. The zero-order chi connectivity index (χ0) is 20.9. The smallest absolute Gasteiger partial charge is 0.412 e. The first-order chi connectivity index (χ1) is 13.0. The second-order valence-electron chi connectivity index (χ2n) is 6.63. The molecule has 1 heterocycles. The molecule has 0 unspecified atom stereocenters. The van der Waals surface area contributed by atoms with E-state index in [0.717, 1.165) is 17.4 Å². The molecule has 0 aliphatic heterocycles. The van der Waals surface area contributed by atoms with Gasteiger partial charge in [0.25, 0.3) is 10.0 Å². The fourth-order valence-electron chi connectivity index (χ4n) is 1.97. The molecule has 28 heavy (non-hydrogen) atoms. The van der Waals surface area contributed by atoms with Gasteiger partial charge in [0, 0.05) is 5.69 Å². The third kappa shape index (κ3) is 6.59. The number of hydrogen-bond acceptors (Lipinski definition) is 6. The van der Waals surface area contributed by atoms with Crippen LogP contribution in [0.2, 0.25) is 0 Å². The maximum atomic E-state index is 13.9. The maximum Gasteiger partial charge on any atom is 0.412 e. The van der Waals surface area contributed by atoms with Gasteiger partial charge in [-0.25, -0.2) is 22.3 Å². The molecule has 0 bridgehead atoms. The number of ether oxygens (including phenoxy) is 1. The number of carbonyl (C=O) groups excluding carboxylic acids is 2. The largest absolute Gasteiger partial charge is 0.444 e. The van der Waals surface area contributed by atoms with E-state index in [-0.39, 0.29) is 15.6 Å². The van der Waals surface area contributed by atoms with Gasteiger partial charge in [-0.3, -0.25) is 10.1 Å². The van der Waals surface area contributed by atoms with E-state index in [1.165, 1.54) is 18.2 Å². The number of rotatable bonds is 6. The first-order valence-corrected chi connectivity index (χ1v) is 10.5. The summed E-state index contributed by atoms with van der Waals surface area (Å²) in [4.78, 5) is 23.8. The highest BCUT2D eigenvalue weighted by molar-refractivity contribution is 7.91. The van der Waals surface area contributed by atoms with Crippen LogP contribution in [-0.4, -0.2) is 32.6 Å². The van der Waals surface area contributed by atoms with Gasteiger partial charge in [0.2, 0.25) is 5.91 Å². The van der Waals surface area contributed by atoms with E-state index < -0.39 is 40.0 Å². The Hall–Kier alpha value is -2.50. The van der Waals surface area contributed by atoms with Crippen LogP contribution in [0, 0.1) is 5.82 Å². The topological polar surface area (TPSA) is 114 Å². The number of amides is 2. The Morgan fingerprint density at radius 3 is 2.50 bits per heavy atom. The Labute approximate surface area is 166 Å². The minimum Gasteiger partial charge on any atom is -0.444 e. The van der Waals surface area contributed by atoms with Gasteiger partial charge in [0.15, 0.2) is 0 Å². The normalized spacial score (nSPS) is 11.7. The summed E-state index contributed by atoms with van der Waals surface area (Å²) in [5, 5.41) is 6.29. The van der Waals surface area contributed by atoms with Crippen molar-refractivity contribution in [3.05, 3.63) is 41.5 Å². The number of thiophene rings is 1. The van der Waals surface area contributed by atoms with Crippen LogP contribution in [-0.2, 0) is 19.6 Å². The molecule has 2 amide bonds. The zero-order valence-corrected chi connectivity index (χ0v) is 17.0. The Morgan fingerprint density at radius 2 is 1.89 bits per heavy atom. The fourth-order valence-corrected chi connectivity index (χ4v) is 3.99. The van der Waals surface area contributed by atoms with Gasteiger partial charge >= 0.3 is 6.09 Å². The lowest BCUT2D eigenvalue weighted by Gasteiger charge is -2.20. The molecule has 0 saturated heterocycles. The summed E-state index contributed by atoms with van der Waals surface area (Å²) >= 11 is 1.02. The van der Waals surface area contributed by atoms with Crippen molar-refractivity contribution < 1.29 is 27.1 Å². The molecule has 0 aliphatic carbocycles. The average molecular weight is 429 g/mol. The molecule has 0 aliphatic rings. The monoisotopic (exact) mass is 429 g/mol. The Kier molecular flexibility index (Phi) is 6.75. The zero-order valence-electron chi connectivity index (χ0n) is 15.4. The van der Waals surface area contributed by atoms with E-state index in [1.54, 1.807) is 32.2 Å². The van der Waals surface area contributed by atoms with Crippen molar-refractivity contribution in [2.45, 2.75) is 30.6 Å². The molecule has 0 atom stereocenters. The van der Waals surface area contributed by atoms with E-state index in [1.807, 2.05) is 0 Å². The summed E-state index contributed by atoms with van der Waals surface area (Å²) in [7, 11) is -3.78. The molecular weight excluding hydrogens is 409 g/mol. The standard InChI is InChI=1S/C17H20FN3O5S2/c1-17(2,3)26-16(23)21-13-9-11(6-7-12(13)18)20-14(22)10-19-28(24,25)15-5-4-8-27-15/h4-9,19H,10H2,1-3H3,(H,20,22)(H,21,23). The molecule has 0 radical (unpaired) electrons. The SMILES string of the molecule is CC(C)(C)OC(=O)Nc1cc(NC(=O)CNS(=O)(=O)c2cccs2)ccc1F. The molecule has 152 valence electrons. The number of anilines is 2. The first-order valence-electron chi connectivity index (χ1n) is 8.09. The van der Waals surface area contributed by atoms with Crippen LogP contribution in [0.4, 0.5) is 20.6 Å². The second-order valence-corrected chi connectivity index (χ2v) is 9.57. The third-order valence-corrected chi connectivity index (χ3v) is 5.87. The van der Waals surface area contributed by atoms with Crippen molar-refractivity contribution in [2.24, 2.45) is 0 Å². The molecular formula is C17H20FN3O5S2. The van der Waals surface area contributed by atoms with E-state index >= 15 is 0 Å². The first kappa shape index (κ1) is 21.8. The quantitative estimate of drug-likeness (QED) is 0.653. The van der Waals surface area contributed by atoms with Crippen molar-refractivity contribution in [1.82, 2.24) is 4.72 Å². The van der Waals surface area contributed by atoms with Gasteiger partial charge in [0.05, 0.1) is 12.2 Å². The van der Waals surface area contributed by atoms with Gasteiger partial charge in [-0.2, -0.15) is 0 Å². The van der Waals surface area contributed by atoms with Gasteiger partial charge in [-0.05, 0) is 50.4 Å². The third-order valence-electron chi connectivity index (χ3n) is 3.07. The molecule has 11 heteroatoms. The molecule has 3 N–H and O–H groups in total. The fraction of sp³-hybridized carbons (Fsp3) is 0.294. The predicted molar refractivity (Wildman–Crippen MR) is 104 cm³/mol. The molecule has 2 aromatic rings. The summed E-state index contributed by atoms with van der Waals surface area (Å²) in [6.45, 7) is 4.48. The minimum atomic E-state index is -3.78. The van der Waals surface area contributed by atoms with Gasteiger partial charge in [-0.1, -0.05) is 6.07 Å². The van der Waals surface area contributed by atoms with Crippen molar-refractivity contribution in [3.8, 4) is 0 Å². The number of benzene rings is 1. The Bertz CT molecular complexity index is 954. The summed E-state index contributed by atoms with van der Waals surface area (Å²) < 4.78 is 45.2. The highest BCUT2D eigenvalue weighted by Crippen LogP contribution is 2.21. The van der Waals surface area contributed by atoms with Crippen molar-refractivity contribution in [1.29, 1.82) is 0 Å². The molecule has 2 rings (SSSR count). The van der Waals surface area contributed by atoms with Crippen molar-refractivity contribution in [3.63, 3.8) is 0 Å². The number of halogens is 1. The number of hydrogen-bond donors (Lipinski definition) is 3. The number of carbonyl (C=O) groups is 2. The van der Waals surface area contributed by atoms with Crippen LogP contribution in [0.5, 0.6) is 0 Å². The maximum absolute atomic E-state index is 13.9. The summed E-state index contributed by atoms with van der Waals surface area (Å²) in [6, 6.07) is 6.53. The number of nitrogens with one attached hydrogen (secondary N) is 3. The molecule has 8 nitrogen and oxygen atoms in total. The van der Waals surface area contributed by atoms with Crippen LogP contribution in [0.25, 0.3) is 0 Å². The van der Waals surface area contributed by atoms with Gasteiger partial charge < -0.3 is 10.1 Å². The lowest BCUT2D eigenvalue weighted by Crippen LogP contribution is -2.32. The molecule has 1 aromatic heterocycles. The molecule has 0 spiro atoms.